The molecule has 3 aliphatic heterocycles. The minimum Gasteiger partial charge on any atom is -0.454 e. The predicted molar refractivity (Wildman–Crippen MR) is 91.7 cm³/mol. The molecule has 0 fully saturated rings. The highest BCUT2D eigenvalue weighted by Gasteiger charge is 2.41. The van der Waals surface area contributed by atoms with Gasteiger partial charge in [-0.05, 0) is 47.4 Å². The normalized spacial score (nSPS) is 23.6. The fourth-order valence-corrected chi connectivity index (χ4v) is 4.36. The number of carbonyl (C=O) groups excluding carboxylic acids is 1. The van der Waals surface area contributed by atoms with Crippen molar-refractivity contribution in [2.45, 2.75) is 18.9 Å². The summed E-state index contributed by atoms with van der Waals surface area (Å²) in [4.78, 5) is 12.9. The van der Waals surface area contributed by atoms with Gasteiger partial charge in [-0.1, -0.05) is 12.1 Å². The van der Waals surface area contributed by atoms with Crippen LogP contribution in [0.5, 0.6) is 23.0 Å². The van der Waals surface area contributed by atoms with Gasteiger partial charge >= 0.3 is 0 Å². The molecule has 0 saturated carbocycles. The van der Waals surface area contributed by atoms with Gasteiger partial charge in [-0.2, -0.15) is 0 Å². The third kappa shape index (κ3) is 1.68. The first-order chi connectivity index (χ1) is 12.7. The van der Waals surface area contributed by atoms with Crippen molar-refractivity contribution in [1.29, 1.82) is 0 Å². The summed E-state index contributed by atoms with van der Waals surface area (Å²) in [5.74, 6) is 2.53. The molecule has 6 heteroatoms. The van der Waals surface area contributed by atoms with Crippen molar-refractivity contribution < 1.29 is 23.7 Å². The van der Waals surface area contributed by atoms with E-state index in [0.717, 1.165) is 33.8 Å². The first kappa shape index (κ1) is 14.1. The largest absolute Gasteiger partial charge is 0.454 e. The van der Waals surface area contributed by atoms with E-state index in [0.29, 0.717) is 17.1 Å². The Morgan fingerprint density at radius 1 is 0.962 bits per heavy atom. The standard InChI is InChI=1S/C20H15NO5/c1-9-4-12-10-2-3-14-19(26-8-23-14)17(10)20(22)21-18(12)13-6-16-15(5-11(9)13)24-7-25-16/h2-6,12,18H,7-8H2,1H3,(H,21,22)/t12-,18+/m1/s1. The van der Waals surface area contributed by atoms with Crippen LogP contribution >= 0.6 is 0 Å². The van der Waals surface area contributed by atoms with Crippen molar-refractivity contribution in [3.8, 4) is 23.0 Å². The van der Waals surface area contributed by atoms with Gasteiger partial charge in [-0.15, -0.1) is 0 Å². The fourth-order valence-electron chi connectivity index (χ4n) is 4.36. The number of hydrogen-bond donors (Lipinski definition) is 1. The highest BCUT2D eigenvalue weighted by molar-refractivity contribution is 6.02. The van der Waals surface area contributed by atoms with E-state index in [2.05, 4.69) is 18.3 Å². The molecule has 6 rings (SSSR count). The quantitative estimate of drug-likeness (QED) is 0.792. The minimum absolute atomic E-state index is 0.0325. The molecule has 26 heavy (non-hydrogen) atoms. The Balaban J connectivity index is 1.56. The van der Waals surface area contributed by atoms with Crippen LogP contribution in [0.1, 0.15) is 45.9 Å². The Hall–Kier alpha value is -3.15. The first-order valence-corrected chi connectivity index (χ1v) is 8.56. The number of benzene rings is 2. The summed E-state index contributed by atoms with van der Waals surface area (Å²) in [6.45, 7) is 2.46. The molecule has 0 aromatic heterocycles. The van der Waals surface area contributed by atoms with Crippen LogP contribution in [0.3, 0.4) is 0 Å². The van der Waals surface area contributed by atoms with E-state index in [1.165, 1.54) is 0 Å². The maximum atomic E-state index is 12.9. The summed E-state index contributed by atoms with van der Waals surface area (Å²) < 4.78 is 22.0. The third-order valence-electron chi connectivity index (χ3n) is 5.54. The first-order valence-electron chi connectivity index (χ1n) is 8.56. The Kier molecular flexibility index (Phi) is 2.55. The van der Waals surface area contributed by atoms with E-state index in [1.54, 1.807) is 0 Å². The van der Waals surface area contributed by atoms with E-state index >= 15 is 0 Å². The zero-order valence-electron chi connectivity index (χ0n) is 14.0. The average molecular weight is 349 g/mol. The lowest BCUT2D eigenvalue weighted by Crippen LogP contribution is -2.39. The molecule has 3 heterocycles. The van der Waals surface area contributed by atoms with Crippen LogP contribution in [0.25, 0.3) is 5.57 Å². The summed E-state index contributed by atoms with van der Waals surface area (Å²) in [5, 5.41) is 3.16. The second kappa shape index (κ2) is 4.72. The van der Waals surface area contributed by atoms with Gasteiger partial charge in [-0.3, -0.25) is 4.79 Å². The molecule has 1 aliphatic carbocycles. The molecule has 1 N–H and O–H groups in total. The Morgan fingerprint density at radius 3 is 2.62 bits per heavy atom. The number of fused-ring (bicyclic) bond motifs is 8. The predicted octanol–water partition coefficient (Wildman–Crippen LogP) is 3.13. The molecule has 1 amide bonds. The van der Waals surface area contributed by atoms with Crippen LogP contribution in [-0.2, 0) is 0 Å². The fraction of sp³-hybridized carbons (Fsp3) is 0.250. The van der Waals surface area contributed by atoms with Gasteiger partial charge < -0.3 is 24.3 Å². The molecule has 0 radical (unpaired) electrons. The van der Waals surface area contributed by atoms with E-state index in [1.807, 2.05) is 24.3 Å². The van der Waals surface area contributed by atoms with E-state index in [9.17, 15) is 4.79 Å². The van der Waals surface area contributed by atoms with Crippen LogP contribution in [0, 0.1) is 0 Å². The molecule has 2 atom stereocenters. The SMILES string of the molecule is CC1=C[C@@H]2c3ccc4c(c3C(=O)N[C@@H]2c2cc3c(cc21)OCO3)OCO4. The molecule has 4 aliphatic rings. The molecule has 6 nitrogen and oxygen atoms in total. The Labute approximate surface area is 149 Å². The summed E-state index contributed by atoms with van der Waals surface area (Å²) in [5.41, 5.74) is 4.83. The smallest absolute Gasteiger partial charge is 0.256 e. The van der Waals surface area contributed by atoms with Crippen molar-refractivity contribution in [2.24, 2.45) is 0 Å². The van der Waals surface area contributed by atoms with Crippen LogP contribution in [0.4, 0.5) is 0 Å². The maximum Gasteiger partial charge on any atom is 0.256 e. The second-order valence-corrected chi connectivity index (χ2v) is 6.88. The molecule has 0 unspecified atom stereocenters. The number of nitrogens with one attached hydrogen (secondary N) is 1. The molecule has 0 bridgehead atoms. The van der Waals surface area contributed by atoms with Crippen LogP contribution in [0.2, 0.25) is 0 Å². The van der Waals surface area contributed by atoms with E-state index in [-0.39, 0.29) is 31.5 Å². The lowest BCUT2D eigenvalue weighted by Gasteiger charge is -2.37. The van der Waals surface area contributed by atoms with Gasteiger partial charge in [0, 0.05) is 5.92 Å². The van der Waals surface area contributed by atoms with E-state index < -0.39 is 0 Å². The zero-order valence-corrected chi connectivity index (χ0v) is 14.0. The molecule has 0 saturated heterocycles. The van der Waals surface area contributed by atoms with Crippen molar-refractivity contribution in [3.05, 3.63) is 52.6 Å². The van der Waals surface area contributed by atoms with Gasteiger partial charge in [0.15, 0.2) is 23.0 Å². The topological polar surface area (TPSA) is 66.0 Å². The molecule has 130 valence electrons. The minimum atomic E-state index is -0.149. The van der Waals surface area contributed by atoms with Crippen molar-refractivity contribution in [3.63, 3.8) is 0 Å². The summed E-state index contributed by atoms with van der Waals surface area (Å²) in [6.07, 6.45) is 2.20. The van der Waals surface area contributed by atoms with Gasteiger partial charge in [0.1, 0.15) is 0 Å². The highest BCUT2D eigenvalue weighted by Crippen LogP contribution is 2.51. The van der Waals surface area contributed by atoms with Crippen molar-refractivity contribution in [2.75, 3.05) is 13.6 Å². The van der Waals surface area contributed by atoms with Crippen molar-refractivity contribution >= 4 is 11.5 Å². The Bertz CT molecular complexity index is 1030. The molecule has 0 spiro atoms. The monoisotopic (exact) mass is 349 g/mol. The van der Waals surface area contributed by atoms with Crippen molar-refractivity contribution in [1.82, 2.24) is 5.32 Å². The van der Waals surface area contributed by atoms with Gasteiger partial charge in [0.05, 0.1) is 11.6 Å². The molecule has 2 aromatic carbocycles. The van der Waals surface area contributed by atoms with Gasteiger partial charge in [0.25, 0.3) is 5.91 Å². The molecular weight excluding hydrogens is 334 g/mol. The van der Waals surface area contributed by atoms with Gasteiger partial charge in [-0.25, -0.2) is 0 Å². The number of amides is 1. The second-order valence-electron chi connectivity index (χ2n) is 6.88. The number of allylic oxidation sites excluding steroid dienone is 1. The Morgan fingerprint density at radius 2 is 1.73 bits per heavy atom. The lowest BCUT2D eigenvalue weighted by atomic mass is 9.74. The number of ether oxygens (including phenoxy) is 4. The van der Waals surface area contributed by atoms with Gasteiger partial charge in [0.2, 0.25) is 13.6 Å². The maximum absolute atomic E-state index is 12.9. The van der Waals surface area contributed by atoms with E-state index in [4.69, 9.17) is 18.9 Å². The third-order valence-corrected chi connectivity index (χ3v) is 5.54. The lowest BCUT2D eigenvalue weighted by molar-refractivity contribution is 0.0914. The molecule has 2 aromatic rings. The summed E-state index contributed by atoms with van der Waals surface area (Å²) in [7, 11) is 0. The summed E-state index contributed by atoms with van der Waals surface area (Å²) >= 11 is 0. The molecular formula is C20H15NO5. The zero-order chi connectivity index (χ0) is 17.4. The van der Waals surface area contributed by atoms with Crippen LogP contribution in [0.15, 0.2) is 30.3 Å². The average Bonchev–Trinajstić information content (AvgIpc) is 3.29. The number of rotatable bonds is 0. The summed E-state index contributed by atoms with van der Waals surface area (Å²) in [6, 6.07) is 7.70. The van der Waals surface area contributed by atoms with Crippen LogP contribution < -0.4 is 24.3 Å². The number of hydrogen-bond acceptors (Lipinski definition) is 5. The highest BCUT2D eigenvalue weighted by atomic mass is 16.7. The van der Waals surface area contributed by atoms with Crippen LogP contribution in [-0.4, -0.2) is 19.5 Å². The number of carbonyl (C=O) groups is 1.